The number of benzene rings is 1. The highest BCUT2D eigenvalue weighted by atomic mass is 28.4. The second-order valence-electron chi connectivity index (χ2n) is 14.0. The van der Waals surface area contributed by atoms with Crippen LogP contribution in [0.15, 0.2) is 24.3 Å². The summed E-state index contributed by atoms with van der Waals surface area (Å²) in [4.78, 5) is 5.23. The van der Waals surface area contributed by atoms with E-state index in [1.54, 1.807) is 12.1 Å². The van der Waals surface area contributed by atoms with E-state index in [0.717, 1.165) is 48.2 Å². The molecule has 208 valence electrons. The number of nitrogens with zero attached hydrogens (tertiary/aromatic N) is 1. The normalized spacial score (nSPS) is 23.9. The van der Waals surface area contributed by atoms with Crippen molar-refractivity contribution in [1.29, 1.82) is 0 Å². The molecule has 5 rings (SSSR count). The van der Waals surface area contributed by atoms with Gasteiger partial charge >= 0.3 is 6.18 Å². The van der Waals surface area contributed by atoms with Crippen molar-refractivity contribution < 1.29 is 22.3 Å². The third-order valence-electron chi connectivity index (χ3n) is 9.37. The maximum absolute atomic E-state index is 13.3. The lowest BCUT2D eigenvalue weighted by atomic mass is 9.71. The predicted octanol–water partition coefficient (Wildman–Crippen LogP) is 9.41. The lowest BCUT2D eigenvalue weighted by Gasteiger charge is -2.45. The quantitative estimate of drug-likeness (QED) is 0.359. The van der Waals surface area contributed by atoms with Gasteiger partial charge in [0.2, 0.25) is 0 Å². The first-order valence-corrected chi connectivity index (χ1v) is 17.0. The number of pyridine rings is 1. The van der Waals surface area contributed by atoms with Crippen LogP contribution in [-0.2, 0) is 28.4 Å². The molecule has 2 aromatic rings. The van der Waals surface area contributed by atoms with Crippen LogP contribution in [0.3, 0.4) is 0 Å². The van der Waals surface area contributed by atoms with Crippen molar-refractivity contribution in [2.75, 3.05) is 0 Å². The molecule has 3 aliphatic rings. The number of hydrogen-bond acceptors (Lipinski definition) is 3. The highest BCUT2D eigenvalue weighted by Crippen LogP contribution is 2.54. The van der Waals surface area contributed by atoms with Gasteiger partial charge in [-0.1, -0.05) is 59.6 Å². The molecule has 0 saturated heterocycles. The first-order valence-electron chi connectivity index (χ1n) is 14.1. The summed E-state index contributed by atoms with van der Waals surface area (Å²) >= 11 is 0. The van der Waals surface area contributed by atoms with Crippen LogP contribution in [0.2, 0.25) is 18.1 Å². The van der Waals surface area contributed by atoms with E-state index in [4.69, 9.17) is 14.1 Å². The summed E-state index contributed by atoms with van der Waals surface area (Å²) in [6.45, 7) is 16.5. The van der Waals surface area contributed by atoms with Crippen molar-refractivity contribution in [3.63, 3.8) is 0 Å². The van der Waals surface area contributed by atoms with E-state index in [-0.39, 0.29) is 16.6 Å². The van der Waals surface area contributed by atoms with Gasteiger partial charge in [0.05, 0.1) is 24.0 Å². The fraction of sp³-hybridized carbons (Fsp3) is 0.645. The summed E-state index contributed by atoms with van der Waals surface area (Å²) < 4.78 is 53.3. The van der Waals surface area contributed by atoms with Crippen molar-refractivity contribution in [2.24, 2.45) is 5.41 Å². The minimum absolute atomic E-state index is 0.0307. The molecule has 1 aromatic heterocycles. The van der Waals surface area contributed by atoms with Crippen LogP contribution in [-0.4, -0.2) is 13.3 Å². The van der Waals surface area contributed by atoms with Crippen molar-refractivity contribution in [2.45, 2.75) is 122 Å². The Bertz CT molecular complexity index is 1190. The Morgan fingerprint density at radius 3 is 2.16 bits per heavy atom. The van der Waals surface area contributed by atoms with Crippen molar-refractivity contribution in [3.8, 4) is 0 Å². The molecule has 1 fully saturated rings. The van der Waals surface area contributed by atoms with Crippen molar-refractivity contribution in [1.82, 2.24) is 4.98 Å². The van der Waals surface area contributed by atoms with E-state index in [1.807, 2.05) is 0 Å². The van der Waals surface area contributed by atoms with E-state index in [1.165, 1.54) is 36.1 Å². The Hall–Kier alpha value is -1.70. The van der Waals surface area contributed by atoms with Gasteiger partial charge in [0.15, 0.2) is 8.32 Å². The summed E-state index contributed by atoms with van der Waals surface area (Å²) in [6, 6.07) is 5.49. The van der Waals surface area contributed by atoms with E-state index in [2.05, 4.69) is 47.7 Å². The van der Waals surface area contributed by atoms with E-state index in [9.17, 15) is 13.2 Å². The highest BCUT2D eigenvalue weighted by Gasteiger charge is 2.46. The summed E-state index contributed by atoms with van der Waals surface area (Å²) in [5.74, 6) is 0.408. The zero-order chi connectivity index (χ0) is 27.7. The van der Waals surface area contributed by atoms with Crippen LogP contribution >= 0.6 is 0 Å². The molecule has 2 heterocycles. The fourth-order valence-electron chi connectivity index (χ4n) is 6.41. The average molecular weight is 546 g/mol. The molecule has 0 spiro atoms. The standard InChI is InChI=1S/C31H42F3NO2Si/c1-29(2,3)38(6,7)37-24-17-30(4,5)16-22-26(24)25(19-10-8-9-11-19)27-23(35-22)18-36-28(27)20-12-14-21(15-13-20)31(32,33)34/h12-15,19,24,28H,8-11,16-18H2,1-7H3. The molecule has 2 atom stereocenters. The second kappa shape index (κ2) is 9.45. The number of rotatable bonds is 4. The first-order chi connectivity index (χ1) is 17.6. The van der Waals surface area contributed by atoms with Crippen LogP contribution in [0.1, 0.15) is 124 Å². The Labute approximate surface area is 226 Å². The summed E-state index contributed by atoms with van der Waals surface area (Å²) in [5.41, 5.74) is 5.99. The van der Waals surface area contributed by atoms with Gasteiger partial charge in [0.1, 0.15) is 6.10 Å². The molecule has 0 bridgehead atoms. The number of halogens is 3. The van der Waals surface area contributed by atoms with Gasteiger partial charge in [-0.15, -0.1) is 0 Å². The lowest BCUT2D eigenvalue weighted by Crippen LogP contribution is -2.44. The smallest absolute Gasteiger partial charge is 0.410 e. The third kappa shape index (κ3) is 5.11. The topological polar surface area (TPSA) is 31.4 Å². The maximum atomic E-state index is 13.3. The highest BCUT2D eigenvalue weighted by molar-refractivity contribution is 6.74. The molecule has 0 N–H and O–H groups in total. The Kier molecular flexibility index (Phi) is 6.92. The number of aromatic nitrogens is 1. The minimum Gasteiger partial charge on any atom is -0.410 e. The minimum atomic E-state index is -4.36. The fourth-order valence-corrected chi connectivity index (χ4v) is 7.67. The molecule has 38 heavy (non-hydrogen) atoms. The zero-order valence-electron chi connectivity index (χ0n) is 23.9. The summed E-state index contributed by atoms with van der Waals surface area (Å²) in [7, 11) is -2.08. The molecule has 3 nitrogen and oxygen atoms in total. The molecule has 7 heteroatoms. The van der Waals surface area contributed by atoms with Gasteiger partial charge in [-0.3, -0.25) is 4.98 Å². The molecule has 0 radical (unpaired) electrons. The Morgan fingerprint density at radius 2 is 1.58 bits per heavy atom. The third-order valence-corrected chi connectivity index (χ3v) is 13.9. The van der Waals surface area contributed by atoms with Gasteiger partial charge in [0, 0.05) is 16.8 Å². The molecule has 1 aromatic carbocycles. The second-order valence-corrected chi connectivity index (χ2v) is 18.7. The molecule has 2 aliphatic carbocycles. The number of alkyl halides is 3. The number of ether oxygens (including phenoxy) is 1. The number of hydrogen-bond donors (Lipinski definition) is 0. The SMILES string of the molecule is CC1(C)Cc2nc3c(c(C4CCCC4)c2C(O[Si](C)(C)C(C)(C)C)C1)C(c1ccc(C(F)(F)F)cc1)OC3. The van der Waals surface area contributed by atoms with E-state index >= 15 is 0 Å². The molecular formula is C31H42F3NO2Si. The van der Waals surface area contributed by atoms with Gasteiger partial charge in [-0.05, 0) is 78.4 Å². The van der Waals surface area contributed by atoms with Gasteiger partial charge < -0.3 is 9.16 Å². The van der Waals surface area contributed by atoms with Crippen LogP contribution < -0.4 is 0 Å². The van der Waals surface area contributed by atoms with Crippen LogP contribution in [0.5, 0.6) is 0 Å². The first kappa shape index (κ1) is 27.8. The molecule has 1 aliphatic heterocycles. The predicted molar refractivity (Wildman–Crippen MR) is 147 cm³/mol. The zero-order valence-corrected chi connectivity index (χ0v) is 24.9. The monoisotopic (exact) mass is 545 g/mol. The molecule has 2 unspecified atom stereocenters. The van der Waals surface area contributed by atoms with Crippen LogP contribution in [0, 0.1) is 5.41 Å². The van der Waals surface area contributed by atoms with E-state index in [0.29, 0.717) is 12.5 Å². The van der Waals surface area contributed by atoms with Gasteiger partial charge in [-0.2, -0.15) is 13.2 Å². The maximum Gasteiger partial charge on any atom is 0.416 e. The van der Waals surface area contributed by atoms with Gasteiger partial charge in [-0.25, -0.2) is 0 Å². The molecular weight excluding hydrogens is 503 g/mol. The van der Waals surface area contributed by atoms with Crippen molar-refractivity contribution >= 4 is 8.32 Å². The van der Waals surface area contributed by atoms with Crippen LogP contribution in [0.25, 0.3) is 0 Å². The van der Waals surface area contributed by atoms with Crippen molar-refractivity contribution in [3.05, 3.63) is 63.5 Å². The van der Waals surface area contributed by atoms with Gasteiger partial charge in [0.25, 0.3) is 0 Å². The molecule has 1 saturated carbocycles. The van der Waals surface area contributed by atoms with E-state index < -0.39 is 26.2 Å². The number of fused-ring (bicyclic) bond motifs is 2. The van der Waals surface area contributed by atoms with Crippen LogP contribution in [0.4, 0.5) is 13.2 Å². The average Bonchev–Trinajstić information content (AvgIpc) is 3.45. The summed E-state index contributed by atoms with van der Waals surface area (Å²) in [5, 5.41) is 0.0817. The lowest BCUT2D eigenvalue weighted by molar-refractivity contribution is -0.137. The Morgan fingerprint density at radius 1 is 0.947 bits per heavy atom. The largest absolute Gasteiger partial charge is 0.416 e. The summed E-state index contributed by atoms with van der Waals surface area (Å²) in [6.07, 6.45) is 1.70. The Balaban J connectivity index is 1.67. The molecule has 0 amide bonds.